The minimum atomic E-state index is -0.975. The van der Waals surface area contributed by atoms with Gasteiger partial charge in [-0.2, -0.15) is 0 Å². The van der Waals surface area contributed by atoms with E-state index < -0.39 is 5.97 Å². The zero-order valence-corrected chi connectivity index (χ0v) is 13.9. The van der Waals surface area contributed by atoms with Crippen molar-refractivity contribution >= 4 is 11.8 Å². The molecule has 0 saturated carbocycles. The van der Waals surface area contributed by atoms with Crippen LogP contribution in [0.3, 0.4) is 0 Å². The first-order chi connectivity index (χ1) is 10.8. The SMILES string of the molecule is CC(C)c1cc(C(=O)Cc2ccc(C(=O)O)cc2)oc1C(C)C. The first kappa shape index (κ1) is 17.0. The predicted octanol–water partition coefficient (Wildman–Crippen LogP) is 4.65. The van der Waals surface area contributed by atoms with Crippen LogP contribution in [0.1, 0.15) is 77.3 Å². The van der Waals surface area contributed by atoms with Crippen molar-refractivity contribution in [3.63, 3.8) is 0 Å². The maximum Gasteiger partial charge on any atom is 0.335 e. The summed E-state index contributed by atoms with van der Waals surface area (Å²) in [6.07, 6.45) is 0.197. The summed E-state index contributed by atoms with van der Waals surface area (Å²) < 4.78 is 5.79. The van der Waals surface area contributed by atoms with Crippen molar-refractivity contribution in [2.75, 3.05) is 0 Å². The van der Waals surface area contributed by atoms with E-state index in [0.29, 0.717) is 11.7 Å². The van der Waals surface area contributed by atoms with Gasteiger partial charge in [-0.15, -0.1) is 0 Å². The smallest absolute Gasteiger partial charge is 0.335 e. The third-order valence-electron chi connectivity index (χ3n) is 3.78. The van der Waals surface area contributed by atoms with Crippen molar-refractivity contribution in [1.29, 1.82) is 0 Å². The molecule has 0 aliphatic rings. The number of carboxylic acid groups (broad SMARTS) is 1. The van der Waals surface area contributed by atoms with Crippen LogP contribution in [0.25, 0.3) is 0 Å². The van der Waals surface area contributed by atoms with Gasteiger partial charge in [0, 0.05) is 12.3 Å². The highest BCUT2D eigenvalue weighted by Gasteiger charge is 2.20. The Bertz CT molecular complexity index is 680. The van der Waals surface area contributed by atoms with Gasteiger partial charge in [0.15, 0.2) is 5.76 Å². The van der Waals surface area contributed by atoms with E-state index in [9.17, 15) is 9.59 Å². The van der Waals surface area contributed by atoms with Gasteiger partial charge < -0.3 is 9.52 Å². The fourth-order valence-electron chi connectivity index (χ4n) is 2.50. The Balaban J connectivity index is 2.20. The number of carbonyl (C=O) groups is 2. The van der Waals surface area contributed by atoms with Gasteiger partial charge in [0.05, 0.1) is 5.56 Å². The molecule has 1 aromatic carbocycles. The first-order valence-electron chi connectivity index (χ1n) is 7.78. The number of ketones is 1. The van der Waals surface area contributed by atoms with Gasteiger partial charge in [0.25, 0.3) is 0 Å². The first-order valence-corrected chi connectivity index (χ1v) is 7.78. The summed E-state index contributed by atoms with van der Waals surface area (Å²) in [5, 5.41) is 8.89. The molecule has 0 unspecified atom stereocenters. The third kappa shape index (κ3) is 3.89. The second kappa shape index (κ2) is 6.82. The maximum absolute atomic E-state index is 12.4. The Morgan fingerprint density at radius 3 is 2.09 bits per heavy atom. The summed E-state index contributed by atoms with van der Waals surface area (Å²) in [5.74, 6) is 0.694. The van der Waals surface area contributed by atoms with E-state index in [1.54, 1.807) is 12.1 Å². The zero-order valence-electron chi connectivity index (χ0n) is 13.9. The molecule has 0 amide bonds. The quantitative estimate of drug-likeness (QED) is 0.788. The molecule has 0 atom stereocenters. The fraction of sp³-hybridized carbons (Fsp3) is 0.368. The number of hydrogen-bond donors (Lipinski definition) is 1. The Labute approximate surface area is 136 Å². The lowest BCUT2D eigenvalue weighted by Gasteiger charge is -2.07. The lowest BCUT2D eigenvalue weighted by molar-refractivity contribution is 0.0696. The Morgan fingerprint density at radius 1 is 1.04 bits per heavy atom. The van der Waals surface area contributed by atoms with Crippen LogP contribution in [0.5, 0.6) is 0 Å². The number of aromatic carboxylic acids is 1. The molecule has 4 heteroatoms. The normalized spacial score (nSPS) is 11.2. The summed E-state index contributed by atoms with van der Waals surface area (Å²) in [4.78, 5) is 23.3. The van der Waals surface area contributed by atoms with Crippen LogP contribution in [-0.4, -0.2) is 16.9 Å². The van der Waals surface area contributed by atoms with Gasteiger partial charge in [-0.25, -0.2) is 4.79 Å². The Kier molecular flexibility index (Phi) is 5.04. The summed E-state index contributed by atoms with van der Waals surface area (Å²) in [7, 11) is 0. The van der Waals surface area contributed by atoms with Crippen molar-refractivity contribution in [2.24, 2.45) is 0 Å². The van der Waals surface area contributed by atoms with Crippen LogP contribution in [0, 0.1) is 0 Å². The minimum Gasteiger partial charge on any atom is -0.478 e. The number of carbonyl (C=O) groups excluding carboxylic acids is 1. The lowest BCUT2D eigenvalue weighted by atomic mass is 9.97. The summed E-state index contributed by atoms with van der Waals surface area (Å²) in [6.45, 7) is 8.25. The number of furan rings is 1. The van der Waals surface area contributed by atoms with Crippen LogP contribution < -0.4 is 0 Å². The van der Waals surface area contributed by atoms with E-state index in [-0.39, 0.29) is 23.7 Å². The van der Waals surface area contributed by atoms with E-state index in [2.05, 4.69) is 13.8 Å². The number of hydrogen-bond acceptors (Lipinski definition) is 3. The van der Waals surface area contributed by atoms with Gasteiger partial charge in [0.1, 0.15) is 5.76 Å². The predicted molar refractivity (Wildman–Crippen MR) is 88.3 cm³/mol. The summed E-state index contributed by atoms with van der Waals surface area (Å²) >= 11 is 0. The Hall–Kier alpha value is -2.36. The highest BCUT2D eigenvalue weighted by Crippen LogP contribution is 2.30. The minimum absolute atomic E-state index is 0.0955. The molecule has 4 nitrogen and oxygen atoms in total. The van der Waals surface area contributed by atoms with Gasteiger partial charge in [-0.3, -0.25) is 4.79 Å². The molecule has 1 N–H and O–H groups in total. The Morgan fingerprint density at radius 2 is 1.65 bits per heavy atom. The zero-order chi connectivity index (χ0) is 17.1. The van der Waals surface area contributed by atoms with Crippen molar-refractivity contribution in [2.45, 2.75) is 46.0 Å². The maximum atomic E-state index is 12.4. The molecule has 2 rings (SSSR count). The second-order valence-electron chi connectivity index (χ2n) is 6.34. The van der Waals surface area contributed by atoms with Gasteiger partial charge in [0.2, 0.25) is 5.78 Å². The molecule has 0 bridgehead atoms. The monoisotopic (exact) mass is 314 g/mol. The summed E-state index contributed by atoms with van der Waals surface area (Å²) in [5.41, 5.74) is 2.06. The van der Waals surface area contributed by atoms with Crippen LogP contribution in [0.2, 0.25) is 0 Å². The molecule has 122 valence electrons. The molecule has 1 aromatic heterocycles. The molecule has 0 spiro atoms. The molecule has 1 heterocycles. The summed E-state index contributed by atoms with van der Waals surface area (Å²) in [6, 6.07) is 8.18. The average molecular weight is 314 g/mol. The van der Waals surface area contributed by atoms with E-state index in [4.69, 9.17) is 9.52 Å². The van der Waals surface area contributed by atoms with Crippen molar-refractivity contribution < 1.29 is 19.1 Å². The lowest BCUT2D eigenvalue weighted by Crippen LogP contribution is -2.03. The largest absolute Gasteiger partial charge is 0.478 e. The van der Waals surface area contributed by atoms with Gasteiger partial charge >= 0.3 is 5.97 Å². The molecule has 0 radical (unpaired) electrons. The molecule has 2 aromatic rings. The number of rotatable bonds is 6. The molecular weight excluding hydrogens is 292 g/mol. The van der Waals surface area contributed by atoms with E-state index in [1.165, 1.54) is 12.1 Å². The molecule has 0 fully saturated rings. The second-order valence-corrected chi connectivity index (χ2v) is 6.34. The highest BCUT2D eigenvalue weighted by atomic mass is 16.4. The van der Waals surface area contributed by atoms with Crippen LogP contribution in [0.15, 0.2) is 34.7 Å². The highest BCUT2D eigenvalue weighted by molar-refractivity contribution is 5.95. The van der Waals surface area contributed by atoms with E-state index in [0.717, 1.165) is 16.9 Å². The fourth-order valence-corrected chi connectivity index (χ4v) is 2.50. The molecule has 0 aliphatic heterocycles. The van der Waals surface area contributed by atoms with E-state index in [1.807, 2.05) is 19.9 Å². The van der Waals surface area contributed by atoms with Crippen LogP contribution in [-0.2, 0) is 6.42 Å². The van der Waals surface area contributed by atoms with Crippen molar-refractivity contribution in [1.82, 2.24) is 0 Å². The van der Waals surface area contributed by atoms with Crippen LogP contribution in [0.4, 0.5) is 0 Å². The number of carboxylic acids is 1. The molecule has 23 heavy (non-hydrogen) atoms. The van der Waals surface area contributed by atoms with Crippen molar-refractivity contribution in [3.05, 3.63) is 58.5 Å². The molecule has 0 aliphatic carbocycles. The molecule has 0 saturated heterocycles. The standard InChI is InChI=1S/C19H22O4/c1-11(2)15-10-17(23-18(15)12(3)4)16(20)9-13-5-7-14(8-6-13)19(21)22/h5-8,10-12H,9H2,1-4H3,(H,21,22). The topological polar surface area (TPSA) is 67.5 Å². The van der Waals surface area contributed by atoms with Gasteiger partial charge in [-0.05, 0) is 35.2 Å². The van der Waals surface area contributed by atoms with Crippen LogP contribution >= 0.6 is 0 Å². The van der Waals surface area contributed by atoms with Crippen molar-refractivity contribution in [3.8, 4) is 0 Å². The third-order valence-corrected chi connectivity index (χ3v) is 3.78. The van der Waals surface area contributed by atoms with Gasteiger partial charge in [-0.1, -0.05) is 39.8 Å². The number of Topliss-reactive ketones (excluding diaryl/α,β-unsaturated/α-hetero) is 1. The van der Waals surface area contributed by atoms with E-state index >= 15 is 0 Å². The average Bonchev–Trinajstić information content (AvgIpc) is 2.93. The molecular formula is C19H22O4. The number of benzene rings is 1.